The number of aromatic nitrogens is 1. The molecule has 4 aromatic rings. The van der Waals surface area contributed by atoms with Gasteiger partial charge in [-0.3, -0.25) is 9.79 Å². The number of hydrogen-bond donors (Lipinski definition) is 2. The van der Waals surface area contributed by atoms with Gasteiger partial charge in [0.05, 0.1) is 23.3 Å². The molecule has 3 N–H and O–H groups in total. The van der Waals surface area contributed by atoms with E-state index in [1.807, 2.05) is 26.0 Å². The summed E-state index contributed by atoms with van der Waals surface area (Å²) in [6, 6.07) is 10.8. The second-order valence-corrected chi connectivity index (χ2v) is 8.64. The van der Waals surface area contributed by atoms with Crippen molar-refractivity contribution in [2.45, 2.75) is 33.0 Å². The van der Waals surface area contributed by atoms with Crippen LogP contribution < -0.4 is 16.5 Å². The number of aryl methyl sites for hydroxylation is 1. The minimum absolute atomic E-state index is 0.165. The first-order valence-corrected chi connectivity index (χ1v) is 11.2. The molecule has 0 fully saturated rings. The molecular formula is C27H25F3N4O2. The zero-order valence-electron chi connectivity index (χ0n) is 20.2. The Kier molecular flexibility index (Phi) is 6.58. The average Bonchev–Trinajstić information content (AvgIpc) is 2.82. The Bertz CT molecular complexity index is 1520. The highest BCUT2D eigenvalue weighted by atomic mass is 19.4. The number of hydrogen-bond acceptors (Lipinski definition) is 6. The van der Waals surface area contributed by atoms with E-state index in [9.17, 15) is 18.0 Å². The quantitative estimate of drug-likeness (QED) is 0.251. The molecule has 0 aliphatic heterocycles. The fourth-order valence-electron chi connectivity index (χ4n) is 4.11. The predicted octanol–water partition coefficient (Wildman–Crippen LogP) is 6.29. The smallest absolute Gasteiger partial charge is 0.433 e. The third-order valence-electron chi connectivity index (χ3n) is 5.91. The zero-order chi connectivity index (χ0) is 26.2. The molecular weight excluding hydrogens is 469 g/mol. The monoisotopic (exact) mass is 494 g/mol. The number of pyridine rings is 1. The highest BCUT2D eigenvalue weighted by Gasteiger charge is 2.32. The molecule has 9 heteroatoms. The molecule has 4 rings (SSSR count). The molecule has 1 atom stereocenters. The number of benzene rings is 2. The summed E-state index contributed by atoms with van der Waals surface area (Å²) in [5.74, 6) is 0.409. The van der Waals surface area contributed by atoms with Crippen molar-refractivity contribution in [1.82, 2.24) is 4.98 Å². The number of fused-ring (bicyclic) bond motifs is 1. The van der Waals surface area contributed by atoms with E-state index < -0.39 is 17.9 Å². The van der Waals surface area contributed by atoms with Crippen molar-refractivity contribution in [2.75, 3.05) is 18.1 Å². The Morgan fingerprint density at radius 2 is 1.89 bits per heavy atom. The summed E-state index contributed by atoms with van der Waals surface area (Å²) in [6.07, 6.45) is -1.75. The van der Waals surface area contributed by atoms with Gasteiger partial charge in [0, 0.05) is 41.2 Å². The number of alkyl halides is 3. The lowest BCUT2D eigenvalue weighted by Gasteiger charge is -2.19. The molecule has 0 aliphatic rings. The Balaban J connectivity index is 1.82. The molecule has 0 saturated carbocycles. The van der Waals surface area contributed by atoms with Gasteiger partial charge < -0.3 is 15.5 Å². The van der Waals surface area contributed by atoms with Crippen LogP contribution in [0.1, 0.15) is 40.9 Å². The van der Waals surface area contributed by atoms with Gasteiger partial charge in [-0.05, 0) is 62.7 Å². The molecule has 0 bridgehead atoms. The van der Waals surface area contributed by atoms with E-state index in [0.29, 0.717) is 50.4 Å². The number of halogens is 3. The van der Waals surface area contributed by atoms with E-state index in [1.54, 1.807) is 38.4 Å². The van der Waals surface area contributed by atoms with Crippen molar-refractivity contribution in [2.24, 2.45) is 4.99 Å². The number of rotatable bonds is 5. The normalized spacial score (nSPS) is 12.9. The minimum atomic E-state index is -4.51. The SMILES string of the molecule is CN=Cc1cc(-c2oc3c(C(C)Nc4ccc(C(F)(F)F)nc4)cc(C)cc3c(=O)c2C)ccc1N. The van der Waals surface area contributed by atoms with Gasteiger partial charge in [-0.1, -0.05) is 6.07 Å². The Labute approximate surface area is 205 Å². The van der Waals surface area contributed by atoms with Gasteiger partial charge in [-0.2, -0.15) is 13.2 Å². The molecule has 2 aromatic heterocycles. The van der Waals surface area contributed by atoms with Crippen LogP contribution in [-0.2, 0) is 6.18 Å². The third kappa shape index (κ3) is 4.82. The molecule has 1 unspecified atom stereocenters. The summed E-state index contributed by atoms with van der Waals surface area (Å²) in [5.41, 5.74) is 9.62. The topological polar surface area (TPSA) is 93.5 Å². The van der Waals surface area contributed by atoms with E-state index in [0.717, 1.165) is 17.8 Å². The third-order valence-corrected chi connectivity index (χ3v) is 5.91. The molecule has 0 spiro atoms. The second-order valence-electron chi connectivity index (χ2n) is 8.64. The summed E-state index contributed by atoms with van der Waals surface area (Å²) < 4.78 is 44.9. The van der Waals surface area contributed by atoms with Gasteiger partial charge in [-0.25, -0.2) is 4.98 Å². The van der Waals surface area contributed by atoms with Crippen molar-refractivity contribution in [3.8, 4) is 11.3 Å². The maximum atomic E-state index is 13.4. The standard InChI is InChI=1S/C27H25F3N4O2/c1-14-9-20(16(3)34-19-6-8-23(33-13-19)27(28,29)30)26-21(10-14)24(35)15(2)25(36-26)17-5-7-22(31)18(11-17)12-32-4/h5-13,16,34H,31H2,1-4H3. The number of nitrogens with one attached hydrogen (secondary N) is 1. The van der Waals surface area contributed by atoms with Crippen LogP contribution in [0.15, 0.2) is 62.9 Å². The fourth-order valence-corrected chi connectivity index (χ4v) is 4.11. The second kappa shape index (κ2) is 9.49. The molecule has 2 heterocycles. The Morgan fingerprint density at radius 1 is 1.14 bits per heavy atom. The summed E-state index contributed by atoms with van der Waals surface area (Å²) in [5, 5.41) is 3.58. The predicted molar refractivity (Wildman–Crippen MR) is 137 cm³/mol. The largest absolute Gasteiger partial charge is 0.455 e. The number of nitrogens with two attached hydrogens (primary N) is 1. The van der Waals surface area contributed by atoms with E-state index >= 15 is 0 Å². The van der Waals surface area contributed by atoms with Crippen molar-refractivity contribution in [3.63, 3.8) is 0 Å². The van der Waals surface area contributed by atoms with Crippen LogP contribution in [0.5, 0.6) is 0 Å². The van der Waals surface area contributed by atoms with Crippen LogP contribution in [0, 0.1) is 13.8 Å². The van der Waals surface area contributed by atoms with Crippen LogP contribution in [-0.4, -0.2) is 18.2 Å². The number of aliphatic imine (C=N–C) groups is 1. The van der Waals surface area contributed by atoms with E-state index in [4.69, 9.17) is 10.2 Å². The van der Waals surface area contributed by atoms with Crippen molar-refractivity contribution >= 4 is 28.6 Å². The molecule has 0 amide bonds. The summed E-state index contributed by atoms with van der Waals surface area (Å²) in [7, 11) is 1.64. The highest BCUT2D eigenvalue weighted by Crippen LogP contribution is 2.33. The first kappa shape index (κ1) is 25.0. The summed E-state index contributed by atoms with van der Waals surface area (Å²) >= 11 is 0. The van der Waals surface area contributed by atoms with E-state index in [-0.39, 0.29) is 5.43 Å². The lowest BCUT2D eigenvalue weighted by molar-refractivity contribution is -0.141. The first-order chi connectivity index (χ1) is 17.0. The maximum Gasteiger partial charge on any atom is 0.433 e. The molecule has 6 nitrogen and oxygen atoms in total. The fraction of sp³-hybridized carbons (Fsp3) is 0.222. The van der Waals surface area contributed by atoms with Crippen LogP contribution in [0.3, 0.4) is 0 Å². The Morgan fingerprint density at radius 3 is 2.53 bits per heavy atom. The first-order valence-electron chi connectivity index (χ1n) is 11.2. The molecule has 0 aliphatic carbocycles. The van der Waals surface area contributed by atoms with Gasteiger partial charge in [0.2, 0.25) is 0 Å². The number of nitrogens with zero attached hydrogens (tertiary/aromatic N) is 2. The maximum absolute atomic E-state index is 13.4. The average molecular weight is 495 g/mol. The van der Waals surface area contributed by atoms with Crippen LogP contribution >= 0.6 is 0 Å². The zero-order valence-corrected chi connectivity index (χ0v) is 20.2. The molecule has 186 valence electrons. The molecule has 0 radical (unpaired) electrons. The summed E-state index contributed by atoms with van der Waals surface area (Å²) in [6.45, 7) is 5.42. The lowest BCUT2D eigenvalue weighted by Crippen LogP contribution is -2.13. The van der Waals surface area contributed by atoms with Crippen molar-refractivity contribution in [3.05, 3.63) is 86.8 Å². The number of nitrogen functional groups attached to an aromatic ring is 1. The Hall–Kier alpha value is -4.14. The minimum Gasteiger partial charge on any atom is -0.455 e. The number of anilines is 2. The van der Waals surface area contributed by atoms with E-state index in [2.05, 4.69) is 15.3 Å². The van der Waals surface area contributed by atoms with Crippen molar-refractivity contribution in [1.29, 1.82) is 0 Å². The molecule has 2 aromatic carbocycles. The van der Waals surface area contributed by atoms with E-state index in [1.165, 1.54) is 6.07 Å². The van der Waals surface area contributed by atoms with Crippen LogP contribution in [0.2, 0.25) is 0 Å². The van der Waals surface area contributed by atoms with Gasteiger partial charge in [-0.15, -0.1) is 0 Å². The summed E-state index contributed by atoms with van der Waals surface area (Å²) in [4.78, 5) is 20.9. The van der Waals surface area contributed by atoms with Gasteiger partial charge in [0.25, 0.3) is 0 Å². The van der Waals surface area contributed by atoms with Gasteiger partial charge in [0.15, 0.2) is 5.43 Å². The molecule has 36 heavy (non-hydrogen) atoms. The van der Waals surface area contributed by atoms with Gasteiger partial charge in [0.1, 0.15) is 17.0 Å². The van der Waals surface area contributed by atoms with Crippen LogP contribution in [0.4, 0.5) is 24.5 Å². The van der Waals surface area contributed by atoms with Crippen molar-refractivity contribution < 1.29 is 17.6 Å². The highest BCUT2D eigenvalue weighted by molar-refractivity contribution is 5.90. The van der Waals surface area contributed by atoms with Crippen LogP contribution in [0.25, 0.3) is 22.3 Å². The lowest BCUT2D eigenvalue weighted by atomic mass is 9.98. The van der Waals surface area contributed by atoms with Gasteiger partial charge >= 0.3 is 6.18 Å². The molecule has 0 saturated heterocycles.